The zero-order chi connectivity index (χ0) is 17.6. The van der Waals surface area contributed by atoms with Crippen molar-refractivity contribution in [2.24, 2.45) is 11.8 Å². The van der Waals surface area contributed by atoms with E-state index in [2.05, 4.69) is 24.5 Å². The molecule has 0 aliphatic carbocycles. The number of hydrogen-bond donors (Lipinski definition) is 2. The lowest BCUT2D eigenvalue weighted by atomic mass is 9.95. The van der Waals surface area contributed by atoms with Crippen LogP contribution in [0.3, 0.4) is 0 Å². The predicted molar refractivity (Wildman–Crippen MR) is 92.2 cm³/mol. The number of rotatable bonds is 6. The molecule has 2 N–H and O–H groups in total. The first-order valence-electron chi connectivity index (χ1n) is 8.06. The number of benzene rings is 1. The van der Waals surface area contributed by atoms with Crippen molar-refractivity contribution in [3.63, 3.8) is 0 Å². The van der Waals surface area contributed by atoms with E-state index in [9.17, 15) is 9.18 Å². The van der Waals surface area contributed by atoms with E-state index in [1.165, 1.54) is 6.07 Å². The normalized spacial score (nSPS) is 12.9. The zero-order valence-electron chi connectivity index (χ0n) is 15.0. The Morgan fingerprint density at radius 2 is 1.91 bits per heavy atom. The molecule has 0 aliphatic heterocycles. The number of hydrogen-bond acceptors (Lipinski definition) is 3. The number of nitrogens with one attached hydrogen (secondary N) is 2. The first kappa shape index (κ1) is 19.3. The van der Waals surface area contributed by atoms with Crippen molar-refractivity contribution in [2.45, 2.75) is 47.1 Å². The van der Waals surface area contributed by atoms with Crippen molar-refractivity contribution >= 4 is 11.8 Å². The van der Waals surface area contributed by atoms with Crippen LogP contribution in [-0.2, 0) is 4.74 Å². The van der Waals surface area contributed by atoms with E-state index in [1.807, 2.05) is 26.8 Å². The standard InChI is InChI=1S/C18H29FN2O2/c1-12(2)14(11-21-17(22)23-18(4,5)6)10-20-16-9-7-8-15(19)13(16)3/h7-9,12,14,20H,10-11H2,1-6H3,(H,21,22). The Kier molecular flexibility index (Phi) is 6.85. The number of alkyl carbamates (subject to hydrolysis) is 1. The van der Waals surface area contributed by atoms with Gasteiger partial charge in [-0.2, -0.15) is 0 Å². The highest BCUT2D eigenvalue weighted by Gasteiger charge is 2.19. The second-order valence-corrected chi connectivity index (χ2v) is 7.18. The third kappa shape index (κ3) is 6.89. The van der Waals surface area contributed by atoms with Gasteiger partial charge in [-0.25, -0.2) is 9.18 Å². The lowest BCUT2D eigenvalue weighted by Gasteiger charge is -2.25. The van der Waals surface area contributed by atoms with Crippen molar-refractivity contribution < 1.29 is 13.9 Å². The maximum atomic E-state index is 13.6. The van der Waals surface area contributed by atoms with E-state index in [-0.39, 0.29) is 11.7 Å². The number of ether oxygens (including phenoxy) is 1. The van der Waals surface area contributed by atoms with E-state index in [1.54, 1.807) is 13.0 Å². The van der Waals surface area contributed by atoms with Crippen LogP contribution in [0.2, 0.25) is 0 Å². The van der Waals surface area contributed by atoms with Gasteiger partial charge in [-0.15, -0.1) is 0 Å². The van der Waals surface area contributed by atoms with Crippen molar-refractivity contribution in [1.29, 1.82) is 0 Å². The molecule has 1 aromatic carbocycles. The van der Waals surface area contributed by atoms with Gasteiger partial charge in [0.1, 0.15) is 11.4 Å². The average Bonchev–Trinajstić information content (AvgIpc) is 2.40. The largest absolute Gasteiger partial charge is 0.444 e. The number of halogens is 1. The van der Waals surface area contributed by atoms with Gasteiger partial charge >= 0.3 is 6.09 Å². The van der Waals surface area contributed by atoms with Gasteiger partial charge in [-0.1, -0.05) is 19.9 Å². The summed E-state index contributed by atoms with van der Waals surface area (Å²) in [5, 5.41) is 6.08. The number of carbonyl (C=O) groups excluding carboxylic acids is 1. The number of amides is 1. The minimum atomic E-state index is -0.506. The molecule has 0 saturated heterocycles. The number of anilines is 1. The fourth-order valence-electron chi connectivity index (χ4n) is 2.11. The summed E-state index contributed by atoms with van der Waals surface area (Å²) in [6, 6.07) is 5.00. The molecule has 1 rings (SSSR count). The maximum Gasteiger partial charge on any atom is 0.407 e. The van der Waals surface area contributed by atoms with Gasteiger partial charge < -0.3 is 15.4 Å². The molecule has 0 bridgehead atoms. The highest BCUT2D eigenvalue weighted by molar-refractivity contribution is 5.67. The lowest BCUT2D eigenvalue weighted by Crippen LogP contribution is -2.38. The van der Waals surface area contributed by atoms with E-state index in [0.717, 1.165) is 5.69 Å². The second kappa shape index (κ2) is 8.18. The number of carbonyl (C=O) groups is 1. The monoisotopic (exact) mass is 324 g/mol. The van der Waals surface area contributed by atoms with Crippen molar-refractivity contribution in [3.05, 3.63) is 29.6 Å². The Morgan fingerprint density at radius 3 is 2.48 bits per heavy atom. The smallest absolute Gasteiger partial charge is 0.407 e. The molecule has 4 nitrogen and oxygen atoms in total. The van der Waals surface area contributed by atoms with Crippen LogP contribution in [0.4, 0.5) is 14.9 Å². The molecular formula is C18H29FN2O2. The molecule has 1 aromatic rings. The second-order valence-electron chi connectivity index (χ2n) is 7.18. The Labute approximate surface area is 138 Å². The SMILES string of the molecule is Cc1c(F)cccc1NCC(CNC(=O)OC(C)(C)C)C(C)C. The Bertz CT molecular complexity index is 524. The van der Waals surface area contributed by atoms with Crippen LogP contribution < -0.4 is 10.6 Å². The first-order valence-corrected chi connectivity index (χ1v) is 8.06. The third-order valence-electron chi connectivity index (χ3n) is 3.67. The van der Waals surface area contributed by atoms with Gasteiger partial charge in [0.25, 0.3) is 0 Å². The maximum absolute atomic E-state index is 13.6. The van der Waals surface area contributed by atoms with Crippen LogP contribution >= 0.6 is 0 Å². The van der Waals surface area contributed by atoms with Crippen LogP contribution in [0.15, 0.2) is 18.2 Å². The van der Waals surface area contributed by atoms with Crippen LogP contribution in [0.5, 0.6) is 0 Å². The highest BCUT2D eigenvalue weighted by Crippen LogP contribution is 2.19. The van der Waals surface area contributed by atoms with E-state index in [0.29, 0.717) is 24.6 Å². The van der Waals surface area contributed by atoms with Gasteiger partial charge in [-0.05, 0) is 51.7 Å². The molecule has 0 aromatic heterocycles. The van der Waals surface area contributed by atoms with Crippen LogP contribution in [0.1, 0.15) is 40.2 Å². The first-order chi connectivity index (χ1) is 10.6. The molecule has 0 spiro atoms. The highest BCUT2D eigenvalue weighted by atomic mass is 19.1. The predicted octanol–water partition coefficient (Wildman–Crippen LogP) is 4.34. The minimum Gasteiger partial charge on any atom is -0.444 e. The summed E-state index contributed by atoms with van der Waals surface area (Å²) in [5.74, 6) is 0.361. The van der Waals surface area contributed by atoms with Crippen LogP contribution in [-0.4, -0.2) is 24.8 Å². The molecular weight excluding hydrogens is 295 g/mol. The molecule has 0 fully saturated rings. The topological polar surface area (TPSA) is 50.4 Å². The molecule has 1 unspecified atom stereocenters. The Morgan fingerprint density at radius 1 is 1.26 bits per heavy atom. The van der Waals surface area contributed by atoms with Crippen molar-refractivity contribution in [3.8, 4) is 0 Å². The molecule has 0 radical (unpaired) electrons. The molecule has 0 aliphatic rings. The molecule has 1 atom stereocenters. The van der Waals surface area contributed by atoms with E-state index < -0.39 is 11.7 Å². The van der Waals surface area contributed by atoms with Gasteiger partial charge in [-0.3, -0.25) is 0 Å². The third-order valence-corrected chi connectivity index (χ3v) is 3.67. The minimum absolute atomic E-state index is 0.213. The molecule has 5 heteroatoms. The molecule has 130 valence electrons. The lowest BCUT2D eigenvalue weighted by molar-refractivity contribution is 0.0516. The Balaban J connectivity index is 2.56. The summed E-state index contributed by atoms with van der Waals surface area (Å²) in [7, 11) is 0. The summed E-state index contributed by atoms with van der Waals surface area (Å²) in [4.78, 5) is 11.8. The fraction of sp³-hybridized carbons (Fsp3) is 0.611. The molecule has 0 saturated carbocycles. The fourth-order valence-corrected chi connectivity index (χ4v) is 2.11. The average molecular weight is 324 g/mol. The summed E-state index contributed by atoms with van der Waals surface area (Å²) < 4.78 is 18.8. The molecule has 0 heterocycles. The summed E-state index contributed by atoms with van der Waals surface area (Å²) >= 11 is 0. The zero-order valence-corrected chi connectivity index (χ0v) is 15.0. The van der Waals surface area contributed by atoms with Gasteiger partial charge in [0.05, 0.1) is 0 Å². The van der Waals surface area contributed by atoms with Crippen LogP contribution in [0, 0.1) is 24.6 Å². The van der Waals surface area contributed by atoms with Gasteiger partial charge in [0.15, 0.2) is 0 Å². The summed E-state index contributed by atoms with van der Waals surface area (Å²) in [6.07, 6.45) is -0.412. The quantitative estimate of drug-likeness (QED) is 0.818. The van der Waals surface area contributed by atoms with Crippen molar-refractivity contribution in [1.82, 2.24) is 5.32 Å². The van der Waals surface area contributed by atoms with Gasteiger partial charge in [0, 0.05) is 24.3 Å². The summed E-state index contributed by atoms with van der Waals surface area (Å²) in [6.45, 7) is 12.6. The van der Waals surface area contributed by atoms with Gasteiger partial charge in [0.2, 0.25) is 0 Å². The Hall–Kier alpha value is -1.78. The van der Waals surface area contributed by atoms with Crippen molar-refractivity contribution in [2.75, 3.05) is 18.4 Å². The van der Waals surface area contributed by atoms with E-state index in [4.69, 9.17) is 4.74 Å². The molecule has 1 amide bonds. The van der Waals surface area contributed by atoms with Crippen LogP contribution in [0.25, 0.3) is 0 Å². The molecule has 23 heavy (non-hydrogen) atoms. The summed E-state index contributed by atoms with van der Waals surface area (Å²) in [5.41, 5.74) is 0.886. The van der Waals surface area contributed by atoms with E-state index >= 15 is 0 Å².